The predicted octanol–water partition coefficient (Wildman–Crippen LogP) is 2.91. The smallest absolute Gasteiger partial charge is 0.408 e. The van der Waals surface area contributed by atoms with Crippen molar-refractivity contribution in [1.82, 2.24) is 21.3 Å². The summed E-state index contributed by atoms with van der Waals surface area (Å²) in [6.07, 6.45) is 0.0257. The quantitative estimate of drug-likeness (QED) is 0.138. The Kier molecular flexibility index (Phi) is 14.1. The van der Waals surface area contributed by atoms with Gasteiger partial charge in [0.2, 0.25) is 23.5 Å². The van der Waals surface area contributed by atoms with Crippen molar-refractivity contribution in [3.63, 3.8) is 0 Å². The van der Waals surface area contributed by atoms with Crippen molar-refractivity contribution in [1.29, 1.82) is 0 Å². The number of carbonyl (C=O) groups excluding carboxylic acids is 6. The van der Waals surface area contributed by atoms with Gasteiger partial charge in [-0.15, -0.1) is 0 Å². The number of nitrogens with one attached hydrogen (secondary N) is 4. The zero-order valence-corrected chi connectivity index (χ0v) is 27.8. The first-order valence-corrected chi connectivity index (χ1v) is 16.0. The molecule has 6 N–H and O–H groups in total. The Balaban J connectivity index is 1.59. The number of fused-ring (bicyclic) bond motifs is 1. The molecule has 0 aromatic heterocycles. The number of ketones is 1. The van der Waals surface area contributed by atoms with E-state index >= 15 is 0 Å². The molecule has 3 aromatic carbocycles. The van der Waals surface area contributed by atoms with Crippen LogP contribution in [0.1, 0.15) is 51.7 Å². The summed E-state index contributed by atoms with van der Waals surface area (Å²) < 4.78 is 5.27. The van der Waals surface area contributed by atoms with Gasteiger partial charge in [0.15, 0.2) is 0 Å². The molecule has 0 heterocycles. The van der Waals surface area contributed by atoms with E-state index in [1.807, 2.05) is 74.5 Å². The lowest BCUT2D eigenvalue weighted by Gasteiger charge is -2.26. The van der Waals surface area contributed by atoms with Crippen molar-refractivity contribution >= 4 is 46.3 Å². The maximum absolute atomic E-state index is 13.3. The molecular weight excluding hydrogens is 614 g/mol. The van der Waals surface area contributed by atoms with E-state index in [9.17, 15) is 28.8 Å². The number of benzene rings is 3. The third kappa shape index (κ3) is 11.5. The van der Waals surface area contributed by atoms with Crippen LogP contribution in [-0.4, -0.2) is 60.2 Å². The highest BCUT2D eigenvalue weighted by atomic mass is 16.5. The minimum atomic E-state index is -1.23. The fourth-order valence-electron chi connectivity index (χ4n) is 5.02. The van der Waals surface area contributed by atoms with Crippen LogP contribution in [-0.2, 0) is 41.7 Å². The minimum absolute atomic E-state index is 0.000185. The van der Waals surface area contributed by atoms with Gasteiger partial charge in [0.05, 0.1) is 12.6 Å². The number of amides is 5. The molecule has 3 rings (SSSR count). The summed E-state index contributed by atoms with van der Waals surface area (Å²) in [5.74, 6) is -4.62. The number of rotatable bonds is 17. The van der Waals surface area contributed by atoms with Crippen molar-refractivity contribution in [2.45, 2.75) is 71.7 Å². The Morgan fingerprint density at radius 2 is 1.44 bits per heavy atom. The molecule has 0 saturated heterocycles. The van der Waals surface area contributed by atoms with Gasteiger partial charge in [-0.1, -0.05) is 107 Å². The molecule has 0 radical (unpaired) electrons. The number of Topliss-reactive ketones (excluding diaryl/α,β-unsaturated/α-hetero) is 1. The monoisotopic (exact) mass is 659 g/mol. The largest absolute Gasteiger partial charge is 0.445 e. The van der Waals surface area contributed by atoms with Gasteiger partial charge in [-0.2, -0.15) is 0 Å². The average Bonchev–Trinajstić information content (AvgIpc) is 3.07. The van der Waals surface area contributed by atoms with E-state index in [0.29, 0.717) is 6.42 Å². The Morgan fingerprint density at radius 1 is 0.771 bits per heavy atom. The second-order valence-electron chi connectivity index (χ2n) is 12.2. The average molecular weight is 660 g/mol. The van der Waals surface area contributed by atoms with Crippen LogP contribution >= 0.6 is 0 Å². The molecule has 4 atom stereocenters. The maximum Gasteiger partial charge on any atom is 0.408 e. The van der Waals surface area contributed by atoms with Gasteiger partial charge in [-0.05, 0) is 40.2 Å². The number of alkyl carbamates (subject to hydrolysis) is 1. The third-order valence-corrected chi connectivity index (χ3v) is 7.89. The molecule has 256 valence electrons. The molecule has 0 aliphatic rings. The predicted molar refractivity (Wildman–Crippen MR) is 181 cm³/mol. The highest BCUT2D eigenvalue weighted by molar-refractivity contribution is 6.38. The summed E-state index contributed by atoms with van der Waals surface area (Å²) in [4.78, 5) is 76.9. The number of nitrogens with two attached hydrogens (primary N) is 1. The van der Waals surface area contributed by atoms with Crippen LogP contribution in [0.15, 0.2) is 72.8 Å². The summed E-state index contributed by atoms with van der Waals surface area (Å²) in [7, 11) is 0. The molecule has 5 amide bonds. The second kappa shape index (κ2) is 18.2. The van der Waals surface area contributed by atoms with E-state index < -0.39 is 66.1 Å². The van der Waals surface area contributed by atoms with E-state index in [0.717, 1.165) is 21.9 Å². The first-order chi connectivity index (χ1) is 22.9. The van der Waals surface area contributed by atoms with Crippen molar-refractivity contribution in [2.75, 3.05) is 6.54 Å². The molecule has 0 aliphatic carbocycles. The molecule has 48 heavy (non-hydrogen) atoms. The van der Waals surface area contributed by atoms with Gasteiger partial charge < -0.3 is 31.7 Å². The molecule has 0 fully saturated rings. The van der Waals surface area contributed by atoms with Crippen LogP contribution in [0.25, 0.3) is 10.8 Å². The van der Waals surface area contributed by atoms with Crippen LogP contribution in [0.5, 0.6) is 0 Å². The summed E-state index contributed by atoms with van der Waals surface area (Å²) in [5.41, 5.74) is 7.09. The maximum atomic E-state index is 13.3. The normalized spacial score (nSPS) is 13.4. The number of hydrogen-bond acceptors (Lipinski definition) is 7. The molecule has 0 aliphatic heterocycles. The molecular formula is C36H45N5O7. The molecule has 0 spiro atoms. The Hall–Kier alpha value is -5.26. The van der Waals surface area contributed by atoms with Crippen LogP contribution in [0, 0.1) is 11.8 Å². The van der Waals surface area contributed by atoms with E-state index in [-0.39, 0.29) is 25.4 Å². The highest BCUT2D eigenvalue weighted by Crippen LogP contribution is 2.17. The molecule has 0 saturated carbocycles. The first-order valence-electron chi connectivity index (χ1n) is 16.0. The standard InChI is InChI=1S/C36H45N5O7/c1-5-23(4)31(41-34(45)29(17-22(2)3)40-36(47)48-21-24-11-7-6-8-12-24)32(43)35(46)38-20-30(42)39-28(33(37)44)19-25-15-16-26-13-9-10-14-27(26)18-25/h6-16,18,22-23,28-29,31H,5,17,19-21H2,1-4H3,(H2,37,44)(H,38,46)(H,39,42)(H,40,47)(H,41,45)/t23-,28-,29-,31?/m0/s1. The van der Waals surface area contributed by atoms with Crippen molar-refractivity contribution in [3.05, 3.63) is 83.9 Å². The lowest BCUT2D eigenvalue weighted by molar-refractivity contribution is -0.141. The van der Waals surface area contributed by atoms with E-state index in [4.69, 9.17) is 10.5 Å². The van der Waals surface area contributed by atoms with E-state index in [1.165, 1.54) is 0 Å². The van der Waals surface area contributed by atoms with Crippen LogP contribution in [0.4, 0.5) is 4.79 Å². The molecule has 0 bridgehead atoms. The second-order valence-corrected chi connectivity index (χ2v) is 12.2. The van der Waals surface area contributed by atoms with Gasteiger partial charge >= 0.3 is 6.09 Å². The zero-order valence-electron chi connectivity index (χ0n) is 27.8. The molecule has 1 unspecified atom stereocenters. The van der Waals surface area contributed by atoms with Crippen molar-refractivity contribution in [2.24, 2.45) is 17.6 Å². The highest BCUT2D eigenvalue weighted by Gasteiger charge is 2.34. The summed E-state index contributed by atoms with van der Waals surface area (Å²) in [6, 6.07) is 19.1. The van der Waals surface area contributed by atoms with Crippen LogP contribution < -0.4 is 27.0 Å². The Bertz CT molecular complexity index is 1590. The fraction of sp³-hybridized carbons (Fsp3) is 0.389. The van der Waals surface area contributed by atoms with Crippen LogP contribution in [0.2, 0.25) is 0 Å². The third-order valence-electron chi connectivity index (χ3n) is 7.89. The summed E-state index contributed by atoms with van der Waals surface area (Å²) in [6.45, 7) is 6.65. The Morgan fingerprint density at radius 3 is 2.08 bits per heavy atom. The van der Waals surface area contributed by atoms with Crippen molar-refractivity contribution in [3.8, 4) is 0 Å². The molecule has 12 heteroatoms. The van der Waals surface area contributed by atoms with E-state index in [2.05, 4.69) is 21.3 Å². The lowest BCUT2D eigenvalue weighted by Crippen LogP contribution is -2.56. The molecule has 3 aromatic rings. The first kappa shape index (κ1) is 37.2. The van der Waals surface area contributed by atoms with E-state index in [1.54, 1.807) is 26.0 Å². The van der Waals surface area contributed by atoms with Gasteiger partial charge in [-0.3, -0.25) is 24.0 Å². The van der Waals surface area contributed by atoms with Gasteiger partial charge in [0.1, 0.15) is 18.7 Å². The molecule has 12 nitrogen and oxygen atoms in total. The number of carbonyl (C=O) groups is 6. The van der Waals surface area contributed by atoms with Crippen LogP contribution in [0.3, 0.4) is 0 Å². The van der Waals surface area contributed by atoms with Gasteiger partial charge in [0, 0.05) is 6.42 Å². The number of primary amides is 1. The zero-order chi connectivity index (χ0) is 35.2. The van der Waals surface area contributed by atoms with Crippen molar-refractivity contribution < 1.29 is 33.5 Å². The lowest BCUT2D eigenvalue weighted by atomic mass is 9.94. The number of hydrogen-bond donors (Lipinski definition) is 5. The number of ether oxygens (including phenoxy) is 1. The van der Waals surface area contributed by atoms with Gasteiger partial charge in [0.25, 0.3) is 5.91 Å². The minimum Gasteiger partial charge on any atom is -0.445 e. The summed E-state index contributed by atoms with van der Waals surface area (Å²) >= 11 is 0. The summed E-state index contributed by atoms with van der Waals surface area (Å²) in [5, 5.41) is 12.0. The van der Waals surface area contributed by atoms with Gasteiger partial charge in [-0.25, -0.2) is 4.79 Å². The SMILES string of the molecule is CC[C@H](C)C(NC(=O)[C@H](CC(C)C)NC(=O)OCc1ccccc1)C(=O)C(=O)NCC(=O)N[C@@H](Cc1ccc2ccccc2c1)C(N)=O. The Labute approximate surface area is 280 Å². The topological polar surface area (TPSA) is 186 Å². The fourth-order valence-corrected chi connectivity index (χ4v) is 5.02.